The Morgan fingerprint density at radius 2 is 1.61 bits per heavy atom. The van der Waals surface area contributed by atoms with Crippen molar-refractivity contribution in [2.45, 2.75) is 19.9 Å². The summed E-state index contributed by atoms with van der Waals surface area (Å²) >= 11 is 0. The third-order valence-corrected chi connectivity index (χ3v) is 5.71. The van der Waals surface area contributed by atoms with Crippen molar-refractivity contribution in [3.63, 3.8) is 0 Å². The molecule has 1 aliphatic rings. The summed E-state index contributed by atoms with van der Waals surface area (Å²) in [7, 11) is 5.76. The van der Waals surface area contributed by atoms with Gasteiger partial charge in [-0.2, -0.15) is 0 Å². The van der Waals surface area contributed by atoms with Gasteiger partial charge in [0.25, 0.3) is 11.8 Å². The lowest BCUT2D eigenvalue weighted by molar-refractivity contribution is 0.0743. The van der Waals surface area contributed by atoms with Crippen LogP contribution in [0.3, 0.4) is 0 Å². The molecule has 1 aromatic heterocycles. The van der Waals surface area contributed by atoms with E-state index in [4.69, 9.17) is 0 Å². The van der Waals surface area contributed by atoms with E-state index in [0.717, 1.165) is 31.1 Å². The van der Waals surface area contributed by atoms with E-state index in [1.807, 2.05) is 36.0 Å². The van der Waals surface area contributed by atoms with E-state index in [9.17, 15) is 9.59 Å². The quantitative estimate of drug-likeness (QED) is 0.664. The zero-order valence-corrected chi connectivity index (χ0v) is 20.4. The van der Waals surface area contributed by atoms with E-state index in [0.29, 0.717) is 36.8 Å². The number of piperazine rings is 1. The Balaban J connectivity index is 1.58. The predicted octanol–water partition coefficient (Wildman–Crippen LogP) is 2.50. The van der Waals surface area contributed by atoms with Gasteiger partial charge < -0.3 is 24.9 Å². The second kappa shape index (κ2) is 11.1. The number of carbonyl (C=O) groups excluding carboxylic acids is 2. The van der Waals surface area contributed by atoms with Crippen LogP contribution in [0.4, 0.5) is 11.5 Å². The van der Waals surface area contributed by atoms with E-state index >= 15 is 0 Å². The van der Waals surface area contributed by atoms with Gasteiger partial charge in [0.2, 0.25) is 0 Å². The maximum Gasteiger partial charge on any atom is 0.253 e. The van der Waals surface area contributed by atoms with Gasteiger partial charge in [-0.05, 0) is 64.3 Å². The van der Waals surface area contributed by atoms with Crippen LogP contribution < -0.4 is 10.2 Å². The number of anilines is 2. The van der Waals surface area contributed by atoms with E-state index in [2.05, 4.69) is 29.0 Å². The molecule has 8 nitrogen and oxygen atoms in total. The highest BCUT2D eigenvalue weighted by Gasteiger charge is 2.24. The van der Waals surface area contributed by atoms with Crippen LogP contribution in [0, 0.1) is 0 Å². The first-order valence-corrected chi connectivity index (χ1v) is 11.5. The van der Waals surface area contributed by atoms with Gasteiger partial charge in [0.15, 0.2) is 5.82 Å². The topological polar surface area (TPSA) is 72.0 Å². The number of carbonyl (C=O) groups is 2. The van der Waals surface area contributed by atoms with Crippen molar-refractivity contribution in [1.82, 2.24) is 19.7 Å². The highest BCUT2D eigenvalue weighted by molar-refractivity contribution is 5.97. The summed E-state index contributed by atoms with van der Waals surface area (Å²) in [6, 6.07) is 11.3. The van der Waals surface area contributed by atoms with Crippen molar-refractivity contribution >= 4 is 23.3 Å². The van der Waals surface area contributed by atoms with Gasteiger partial charge in [-0.15, -0.1) is 0 Å². The third kappa shape index (κ3) is 6.44. The normalized spacial score (nSPS) is 14.0. The molecule has 0 atom stereocenters. The minimum atomic E-state index is -0.0364. The van der Waals surface area contributed by atoms with E-state index in [-0.39, 0.29) is 11.8 Å². The molecule has 2 aromatic rings. The first-order chi connectivity index (χ1) is 15.8. The SMILES string of the molecule is CC(C)Nc1cccnc1N1CCN(C(=O)c2ccc(C(=O)N(C)CCN(C)C)cc2)CC1. The second-order valence-electron chi connectivity index (χ2n) is 9.06. The highest BCUT2D eigenvalue weighted by Crippen LogP contribution is 2.25. The lowest BCUT2D eigenvalue weighted by Crippen LogP contribution is -2.49. The lowest BCUT2D eigenvalue weighted by atomic mass is 10.1. The molecule has 1 saturated heterocycles. The fraction of sp³-hybridized carbons (Fsp3) is 0.480. The van der Waals surface area contributed by atoms with Crippen molar-refractivity contribution in [2.24, 2.45) is 0 Å². The molecule has 178 valence electrons. The molecule has 0 unspecified atom stereocenters. The molecule has 3 rings (SSSR count). The largest absolute Gasteiger partial charge is 0.380 e. The van der Waals surface area contributed by atoms with Gasteiger partial charge in [-0.3, -0.25) is 9.59 Å². The van der Waals surface area contributed by atoms with Crippen LogP contribution in [0.5, 0.6) is 0 Å². The first-order valence-electron chi connectivity index (χ1n) is 11.5. The first kappa shape index (κ1) is 24.5. The number of benzene rings is 1. The number of hydrogen-bond acceptors (Lipinski definition) is 6. The summed E-state index contributed by atoms with van der Waals surface area (Å²) in [4.78, 5) is 38.0. The average molecular weight is 453 g/mol. The fourth-order valence-electron chi connectivity index (χ4n) is 3.80. The molecule has 2 amide bonds. The minimum Gasteiger partial charge on any atom is -0.380 e. The van der Waals surface area contributed by atoms with Gasteiger partial charge in [-0.25, -0.2) is 4.98 Å². The van der Waals surface area contributed by atoms with Crippen LogP contribution in [0.15, 0.2) is 42.6 Å². The van der Waals surface area contributed by atoms with Crippen LogP contribution in [-0.2, 0) is 0 Å². The summed E-state index contributed by atoms with van der Waals surface area (Å²) in [6.07, 6.45) is 1.80. The number of hydrogen-bond donors (Lipinski definition) is 1. The number of nitrogens with zero attached hydrogens (tertiary/aromatic N) is 5. The molecule has 0 aliphatic carbocycles. The average Bonchev–Trinajstić information content (AvgIpc) is 2.82. The molecular formula is C25H36N6O2. The van der Waals surface area contributed by atoms with Gasteiger partial charge in [0.1, 0.15) is 0 Å². The van der Waals surface area contributed by atoms with Gasteiger partial charge >= 0.3 is 0 Å². The Bertz CT molecular complexity index is 936. The Hall–Kier alpha value is -3.13. The smallest absolute Gasteiger partial charge is 0.253 e. The zero-order valence-electron chi connectivity index (χ0n) is 20.4. The molecular weight excluding hydrogens is 416 g/mol. The monoisotopic (exact) mass is 452 g/mol. The van der Waals surface area contributed by atoms with Crippen LogP contribution in [-0.4, -0.2) is 98.0 Å². The number of nitrogens with one attached hydrogen (secondary N) is 1. The minimum absolute atomic E-state index is 0.00355. The molecule has 1 aromatic carbocycles. The van der Waals surface area contributed by atoms with E-state index in [1.165, 1.54) is 0 Å². The van der Waals surface area contributed by atoms with Crippen LogP contribution >= 0.6 is 0 Å². The van der Waals surface area contributed by atoms with Crippen molar-refractivity contribution in [1.29, 1.82) is 0 Å². The molecule has 1 fully saturated rings. The van der Waals surface area contributed by atoms with Crippen LogP contribution in [0.1, 0.15) is 34.6 Å². The van der Waals surface area contributed by atoms with E-state index < -0.39 is 0 Å². The Labute approximate surface area is 197 Å². The predicted molar refractivity (Wildman–Crippen MR) is 133 cm³/mol. The lowest BCUT2D eigenvalue weighted by Gasteiger charge is -2.36. The van der Waals surface area contributed by atoms with Crippen LogP contribution in [0.2, 0.25) is 0 Å². The van der Waals surface area contributed by atoms with Crippen molar-refractivity contribution < 1.29 is 9.59 Å². The van der Waals surface area contributed by atoms with Crippen molar-refractivity contribution in [3.05, 3.63) is 53.7 Å². The van der Waals surface area contributed by atoms with Gasteiger partial charge in [-0.1, -0.05) is 0 Å². The van der Waals surface area contributed by atoms with Gasteiger partial charge in [0.05, 0.1) is 5.69 Å². The van der Waals surface area contributed by atoms with E-state index in [1.54, 1.807) is 42.4 Å². The number of rotatable bonds is 8. The zero-order chi connectivity index (χ0) is 24.0. The molecule has 0 saturated carbocycles. The maximum absolute atomic E-state index is 13.0. The van der Waals surface area contributed by atoms with Crippen molar-refractivity contribution in [3.8, 4) is 0 Å². The molecule has 2 heterocycles. The van der Waals surface area contributed by atoms with Crippen LogP contribution in [0.25, 0.3) is 0 Å². The Morgan fingerprint density at radius 3 is 2.21 bits per heavy atom. The summed E-state index contributed by atoms with van der Waals surface area (Å²) in [5.41, 5.74) is 2.22. The molecule has 8 heteroatoms. The number of aromatic nitrogens is 1. The number of amides is 2. The van der Waals surface area contributed by atoms with Crippen molar-refractivity contribution in [2.75, 3.05) is 70.6 Å². The third-order valence-electron chi connectivity index (χ3n) is 5.71. The molecule has 0 spiro atoms. The number of likely N-dealkylation sites (N-methyl/N-ethyl adjacent to an activating group) is 2. The van der Waals surface area contributed by atoms with Gasteiger partial charge in [0, 0.05) is 69.7 Å². The maximum atomic E-state index is 13.0. The summed E-state index contributed by atoms with van der Waals surface area (Å²) in [6.45, 7) is 8.38. The Morgan fingerprint density at radius 1 is 0.970 bits per heavy atom. The summed E-state index contributed by atoms with van der Waals surface area (Å²) in [5, 5.41) is 3.45. The molecule has 0 radical (unpaired) electrons. The highest BCUT2D eigenvalue weighted by atomic mass is 16.2. The number of pyridine rings is 1. The molecule has 1 aliphatic heterocycles. The fourth-order valence-corrected chi connectivity index (χ4v) is 3.80. The molecule has 1 N–H and O–H groups in total. The standard InChI is InChI=1S/C25H36N6O2/c1-19(2)27-22-7-6-12-26-23(22)30-15-17-31(18-16-30)25(33)21-10-8-20(9-11-21)24(32)29(5)14-13-28(3)4/h6-12,19,27H,13-18H2,1-5H3. The second-order valence-corrected chi connectivity index (χ2v) is 9.06. The summed E-state index contributed by atoms with van der Waals surface area (Å²) in [5.74, 6) is 0.890. The molecule has 0 bridgehead atoms. The summed E-state index contributed by atoms with van der Waals surface area (Å²) < 4.78 is 0. The Kier molecular flexibility index (Phi) is 8.27. The molecule has 33 heavy (non-hydrogen) atoms.